The van der Waals surface area contributed by atoms with Gasteiger partial charge in [-0.2, -0.15) is 0 Å². The van der Waals surface area contributed by atoms with Gasteiger partial charge >= 0.3 is 7.05 Å². The van der Waals surface area contributed by atoms with Gasteiger partial charge in [-0.3, -0.25) is 0 Å². The van der Waals surface area contributed by atoms with Crippen LogP contribution in [0.15, 0.2) is 0 Å². The maximum atomic E-state index is 10.8. The van der Waals surface area contributed by atoms with Gasteiger partial charge in [0, 0.05) is 18.0 Å². The van der Waals surface area contributed by atoms with Gasteiger partial charge in [0.05, 0.1) is 0 Å². The van der Waals surface area contributed by atoms with Crippen molar-refractivity contribution >= 4 is 13.3 Å². The Morgan fingerprint density at radius 3 is 2.36 bits per heavy atom. The molecular weight excluding hydrogens is 177 g/mol. The summed E-state index contributed by atoms with van der Waals surface area (Å²) in [5, 5.41) is 9.68. The first-order chi connectivity index (χ1) is 6.72. The molecule has 1 unspecified atom stereocenters. The number of nitrogens with zero attached hydrogens (tertiary/aromatic N) is 1. The predicted molar refractivity (Wildman–Crippen MR) is 55.9 cm³/mol. The van der Waals surface area contributed by atoms with Gasteiger partial charge < -0.3 is 14.6 Å². The summed E-state index contributed by atoms with van der Waals surface area (Å²) in [5.41, 5.74) is 0. The third-order valence-corrected chi connectivity index (χ3v) is 3.69. The highest BCUT2D eigenvalue weighted by Gasteiger charge is 2.40. The van der Waals surface area contributed by atoms with Crippen molar-refractivity contribution in [2.24, 2.45) is 5.92 Å². The van der Waals surface area contributed by atoms with Crippen molar-refractivity contribution in [1.29, 1.82) is 0 Å². The summed E-state index contributed by atoms with van der Waals surface area (Å²) in [4.78, 5) is 13.0. The molecule has 2 fully saturated rings. The van der Waals surface area contributed by atoms with E-state index in [-0.39, 0.29) is 13.0 Å². The smallest absolute Gasteiger partial charge is 0.376 e. The molecule has 0 aromatic heterocycles. The molecule has 0 aromatic rings. The fraction of sp³-hybridized carbons (Fsp3) is 0.900. The van der Waals surface area contributed by atoms with E-state index in [1.165, 1.54) is 6.42 Å². The minimum absolute atomic E-state index is 0.236. The summed E-state index contributed by atoms with van der Waals surface area (Å²) in [6, 6.07) is 0.885. The SMILES string of the molecule is CB(O)N1C2CCC[C@@H]1C[C@@H](C=O)C2. The molecule has 14 heavy (non-hydrogen) atoms. The third kappa shape index (κ3) is 1.73. The average Bonchev–Trinajstić information content (AvgIpc) is 2.15. The molecule has 2 heterocycles. The van der Waals surface area contributed by atoms with E-state index in [1.807, 2.05) is 6.82 Å². The molecule has 2 saturated heterocycles. The zero-order chi connectivity index (χ0) is 10.1. The highest BCUT2D eigenvalue weighted by Crippen LogP contribution is 2.36. The standard InChI is InChI=1S/C10H18BNO2/c1-11(14)12-9-3-2-4-10(12)6-8(5-9)7-13/h7-10,14H,2-6H2,1H3/t8-,9-,10?/m1/s1. The maximum absolute atomic E-state index is 10.8. The van der Waals surface area contributed by atoms with E-state index in [9.17, 15) is 9.82 Å². The van der Waals surface area contributed by atoms with Crippen molar-refractivity contribution in [3.05, 3.63) is 0 Å². The maximum Gasteiger partial charge on any atom is 0.376 e. The van der Waals surface area contributed by atoms with Crippen LogP contribution in [-0.4, -0.2) is 35.3 Å². The number of aldehydes is 1. The summed E-state index contributed by atoms with van der Waals surface area (Å²) in [7, 11) is -0.349. The molecule has 1 N–H and O–H groups in total. The molecule has 2 rings (SSSR count). The van der Waals surface area contributed by atoms with E-state index in [0.29, 0.717) is 12.1 Å². The van der Waals surface area contributed by atoms with Crippen molar-refractivity contribution in [3.8, 4) is 0 Å². The summed E-state index contributed by atoms with van der Waals surface area (Å²) in [6.45, 7) is 1.84. The summed E-state index contributed by atoms with van der Waals surface area (Å²) >= 11 is 0. The van der Waals surface area contributed by atoms with E-state index < -0.39 is 0 Å². The molecule has 2 aliphatic rings. The molecule has 0 amide bonds. The van der Waals surface area contributed by atoms with Gasteiger partial charge in [0.1, 0.15) is 6.29 Å². The Kier molecular flexibility index (Phi) is 2.93. The fourth-order valence-corrected chi connectivity index (χ4v) is 3.18. The van der Waals surface area contributed by atoms with Crippen LogP contribution >= 0.6 is 0 Å². The van der Waals surface area contributed by atoms with E-state index in [4.69, 9.17) is 0 Å². The number of carbonyl (C=O) groups excluding carboxylic acids is 1. The second kappa shape index (κ2) is 4.03. The van der Waals surface area contributed by atoms with Crippen molar-refractivity contribution < 1.29 is 9.82 Å². The van der Waals surface area contributed by atoms with Gasteiger partial charge in [-0.15, -0.1) is 0 Å². The van der Waals surface area contributed by atoms with Gasteiger partial charge in [0.15, 0.2) is 0 Å². The van der Waals surface area contributed by atoms with Crippen LogP contribution in [0.1, 0.15) is 32.1 Å². The number of carbonyl (C=O) groups is 1. The van der Waals surface area contributed by atoms with Gasteiger partial charge in [-0.25, -0.2) is 0 Å². The lowest BCUT2D eigenvalue weighted by Crippen LogP contribution is -2.57. The minimum atomic E-state index is -0.349. The van der Waals surface area contributed by atoms with Crippen LogP contribution in [0.5, 0.6) is 0 Å². The number of hydrogen-bond acceptors (Lipinski definition) is 3. The molecule has 0 saturated carbocycles. The van der Waals surface area contributed by atoms with Crippen LogP contribution in [-0.2, 0) is 4.79 Å². The number of fused-ring (bicyclic) bond motifs is 2. The quantitative estimate of drug-likeness (QED) is 0.526. The molecule has 2 bridgehead atoms. The van der Waals surface area contributed by atoms with Gasteiger partial charge in [0.25, 0.3) is 0 Å². The summed E-state index contributed by atoms with van der Waals surface area (Å²) < 4.78 is 0. The molecule has 0 radical (unpaired) electrons. The van der Waals surface area contributed by atoms with E-state index in [1.54, 1.807) is 0 Å². The van der Waals surface area contributed by atoms with Crippen LogP contribution in [0.4, 0.5) is 0 Å². The lowest BCUT2D eigenvalue weighted by molar-refractivity contribution is -0.113. The number of piperidine rings is 2. The van der Waals surface area contributed by atoms with E-state index >= 15 is 0 Å². The molecule has 0 aliphatic carbocycles. The molecule has 3 atom stereocenters. The van der Waals surface area contributed by atoms with Gasteiger partial charge in [0.2, 0.25) is 0 Å². The number of rotatable bonds is 2. The van der Waals surface area contributed by atoms with Crippen LogP contribution in [0.2, 0.25) is 6.82 Å². The average molecular weight is 195 g/mol. The summed E-state index contributed by atoms with van der Waals surface area (Å²) in [5.74, 6) is 0.236. The van der Waals surface area contributed by atoms with Crippen LogP contribution in [0, 0.1) is 5.92 Å². The Hall–Kier alpha value is -0.345. The molecule has 78 valence electrons. The van der Waals surface area contributed by atoms with Crippen LogP contribution in [0.3, 0.4) is 0 Å². The highest BCUT2D eigenvalue weighted by atomic mass is 16.2. The largest absolute Gasteiger partial charge is 0.437 e. The number of hydrogen-bond donors (Lipinski definition) is 1. The normalized spacial score (nSPS) is 38.0. The highest BCUT2D eigenvalue weighted by molar-refractivity contribution is 6.45. The molecule has 2 aliphatic heterocycles. The lowest BCUT2D eigenvalue weighted by atomic mass is 9.70. The fourth-order valence-electron chi connectivity index (χ4n) is 3.18. The van der Waals surface area contributed by atoms with E-state index in [2.05, 4.69) is 4.81 Å². The first-order valence-electron chi connectivity index (χ1n) is 5.63. The van der Waals surface area contributed by atoms with Gasteiger partial charge in [-0.05, 0) is 32.5 Å². The molecule has 4 heteroatoms. The van der Waals surface area contributed by atoms with E-state index in [0.717, 1.165) is 32.0 Å². The first kappa shape index (κ1) is 10.2. The Balaban J connectivity index is 2.11. The molecule has 3 nitrogen and oxygen atoms in total. The Bertz CT molecular complexity index is 208. The minimum Gasteiger partial charge on any atom is -0.437 e. The van der Waals surface area contributed by atoms with Crippen molar-refractivity contribution in [2.75, 3.05) is 0 Å². The zero-order valence-electron chi connectivity index (χ0n) is 8.72. The second-order valence-electron chi connectivity index (χ2n) is 4.69. The molecule has 0 spiro atoms. The second-order valence-corrected chi connectivity index (χ2v) is 4.69. The molecule has 0 aromatic carbocycles. The van der Waals surface area contributed by atoms with Crippen LogP contribution < -0.4 is 0 Å². The monoisotopic (exact) mass is 195 g/mol. The first-order valence-corrected chi connectivity index (χ1v) is 5.63. The van der Waals surface area contributed by atoms with Gasteiger partial charge in [-0.1, -0.05) is 6.42 Å². The van der Waals surface area contributed by atoms with Crippen molar-refractivity contribution in [3.63, 3.8) is 0 Å². The van der Waals surface area contributed by atoms with Crippen molar-refractivity contribution in [2.45, 2.75) is 51.0 Å². The Morgan fingerprint density at radius 2 is 1.93 bits per heavy atom. The van der Waals surface area contributed by atoms with Crippen molar-refractivity contribution in [1.82, 2.24) is 4.81 Å². The lowest BCUT2D eigenvalue weighted by Gasteiger charge is -2.48. The molecular formula is C10H18BNO2. The Morgan fingerprint density at radius 1 is 1.36 bits per heavy atom. The Labute approximate surface area is 85.6 Å². The van der Waals surface area contributed by atoms with Crippen LogP contribution in [0.25, 0.3) is 0 Å². The zero-order valence-corrected chi connectivity index (χ0v) is 8.72. The predicted octanol–water partition coefficient (Wildman–Crippen LogP) is 0.929. The topological polar surface area (TPSA) is 40.5 Å². The third-order valence-electron chi connectivity index (χ3n) is 3.69. The summed E-state index contributed by atoms with van der Waals surface area (Å²) in [6.07, 6.45) is 6.54.